The van der Waals surface area contributed by atoms with Crippen LogP contribution in [0.1, 0.15) is 19.3 Å². The zero-order valence-corrected chi connectivity index (χ0v) is 9.60. The van der Waals surface area contributed by atoms with Gasteiger partial charge in [-0.1, -0.05) is 0 Å². The van der Waals surface area contributed by atoms with Crippen LogP contribution < -0.4 is 10.6 Å². The quantitative estimate of drug-likeness (QED) is 0.482. The third-order valence-electron chi connectivity index (χ3n) is 2.98. The molecule has 3 N–H and O–H groups in total. The van der Waals surface area contributed by atoms with Crippen molar-refractivity contribution in [1.29, 1.82) is 5.41 Å². The molecule has 0 aromatic heterocycles. The van der Waals surface area contributed by atoms with Crippen molar-refractivity contribution in [3.8, 4) is 0 Å². The smallest absolute Gasteiger partial charge is 0.315 e. The van der Waals surface area contributed by atoms with Crippen LogP contribution in [-0.4, -0.2) is 41.1 Å². The van der Waals surface area contributed by atoms with Crippen molar-refractivity contribution >= 4 is 29.8 Å². The van der Waals surface area contributed by atoms with E-state index in [4.69, 9.17) is 5.41 Å². The van der Waals surface area contributed by atoms with Gasteiger partial charge in [-0.3, -0.25) is 4.79 Å². The fourth-order valence-corrected chi connectivity index (χ4v) is 3.72. The number of thioether (sulfide) groups is 1. The van der Waals surface area contributed by atoms with Gasteiger partial charge < -0.3 is 16.0 Å². The molecule has 0 spiro atoms. The molecule has 2 aliphatic heterocycles. The van der Waals surface area contributed by atoms with Gasteiger partial charge in [0.15, 0.2) is 0 Å². The minimum atomic E-state index is -0.0748. The van der Waals surface area contributed by atoms with Crippen LogP contribution in [0.2, 0.25) is 0 Å². The Morgan fingerprint density at radius 1 is 1.56 bits per heavy atom. The number of nitrogens with one attached hydrogen (secondary N) is 3. The third kappa shape index (κ3) is 2.37. The second-order valence-electron chi connectivity index (χ2n) is 4.09. The van der Waals surface area contributed by atoms with Crippen LogP contribution in [0.3, 0.4) is 0 Å². The highest BCUT2D eigenvalue weighted by Gasteiger charge is 2.42. The Morgan fingerprint density at radius 2 is 2.38 bits per heavy atom. The molecular formula is C10H14N3O2S. The average molecular weight is 240 g/mol. The molecule has 1 radical (unpaired) electrons. The minimum absolute atomic E-state index is 0.0353. The predicted octanol–water partition coefficient (Wildman–Crippen LogP) is 0.452. The highest BCUT2D eigenvalue weighted by molar-refractivity contribution is 8.00. The third-order valence-corrected chi connectivity index (χ3v) is 4.49. The van der Waals surface area contributed by atoms with Crippen LogP contribution in [0.15, 0.2) is 0 Å². The van der Waals surface area contributed by atoms with Crippen molar-refractivity contribution in [2.75, 3.05) is 5.75 Å². The first kappa shape index (κ1) is 11.4. The summed E-state index contributed by atoms with van der Waals surface area (Å²) in [5.74, 6) is 0.950. The second kappa shape index (κ2) is 4.86. The fraction of sp³-hybridized carbons (Fsp3) is 0.700. The maximum atomic E-state index is 11.1. The standard InChI is InChI=1S/C10H14N3O2S/c11-6(4-14)2-1-3-8-9-7(5-16-8)12-10(15)13-9/h7-9,11H,1-3,5H2,(H2,12,13,15)/t7-,8-,9-/m0/s1. The Hall–Kier alpha value is -1.04. The van der Waals surface area contributed by atoms with Gasteiger partial charge in [0.25, 0.3) is 0 Å². The van der Waals surface area contributed by atoms with Crippen LogP contribution in [0.4, 0.5) is 4.79 Å². The number of carbonyl (C=O) groups is 1. The van der Waals surface area contributed by atoms with Gasteiger partial charge in [0.05, 0.1) is 17.8 Å². The topological polar surface area (TPSA) is 82.1 Å². The van der Waals surface area contributed by atoms with Gasteiger partial charge in [-0.25, -0.2) is 4.79 Å². The Balaban J connectivity index is 1.76. The van der Waals surface area contributed by atoms with E-state index in [0.29, 0.717) is 11.7 Å². The molecule has 0 saturated carbocycles. The van der Waals surface area contributed by atoms with E-state index in [2.05, 4.69) is 10.6 Å². The van der Waals surface area contributed by atoms with Gasteiger partial charge in [0.2, 0.25) is 6.29 Å². The summed E-state index contributed by atoms with van der Waals surface area (Å²) >= 11 is 1.85. The SMILES string of the molecule is N=C([C]=O)CCC[C@@H]1SC[C@@H]2NC(=O)N[C@@H]21. The lowest BCUT2D eigenvalue weighted by Gasteiger charge is -2.16. The molecule has 0 bridgehead atoms. The van der Waals surface area contributed by atoms with E-state index in [1.807, 2.05) is 11.8 Å². The maximum absolute atomic E-state index is 11.1. The zero-order valence-electron chi connectivity index (χ0n) is 8.79. The lowest BCUT2D eigenvalue weighted by atomic mass is 10.0. The fourth-order valence-electron chi connectivity index (χ4n) is 2.17. The van der Waals surface area contributed by atoms with Gasteiger partial charge in [0, 0.05) is 11.0 Å². The average Bonchev–Trinajstić information content (AvgIpc) is 2.78. The first-order chi connectivity index (χ1) is 7.70. The number of urea groups is 1. The van der Waals surface area contributed by atoms with Crippen LogP contribution >= 0.6 is 11.8 Å². The Labute approximate surface area is 98.2 Å². The molecule has 5 nitrogen and oxygen atoms in total. The summed E-state index contributed by atoms with van der Waals surface area (Å²) < 4.78 is 0. The molecule has 0 aromatic carbocycles. The van der Waals surface area contributed by atoms with Crippen LogP contribution in [0.5, 0.6) is 0 Å². The summed E-state index contributed by atoms with van der Waals surface area (Å²) in [7, 11) is 0. The van der Waals surface area contributed by atoms with Crippen molar-refractivity contribution < 1.29 is 9.59 Å². The van der Waals surface area contributed by atoms with Gasteiger partial charge >= 0.3 is 6.03 Å². The normalized spacial score (nSPS) is 31.8. The molecule has 2 fully saturated rings. The van der Waals surface area contributed by atoms with Crippen molar-refractivity contribution in [3.05, 3.63) is 0 Å². The molecule has 2 amide bonds. The van der Waals surface area contributed by atoms with Gasteiger partial charge in [-0.05, 0) is 19.3 Å². The summed E-state index contributed by atoms with van der Waals surface area (Å²) in [4.78, 5) is 21.2. The number of amides is 2. The summed E-state index contributed by atoms with van der Waals surface area (Å²) in [5, 5.41) is 13.4. The molecule has 2 heterocycles. The molecule has 87 valence electrons. The molecule has 6 heteroatoms. The molecular weight excluding hydrogens is 226 g/mol. The highest BCUT2D eigenvalue weighted by Crippen LogP contribution is 2.32. The van der Waals surface area contributed by atoms with Crippen molar-refractivity contribution in [2.45, 2.75) is 36.6 Å². The Kier molecular flexibility index (Phi) is 3.48. The lowest BCUT2D eigenvalue weighted by molar-refractivity contribution is 0.247. The monoisotopic (exact) mass is 240 g/mol. The number of carbonyl (C=O) groups excluding carboxylic acids is 2. The lowest BCUT2D eigenvalue weighted by Crippen LogP contribution is -2.36. The molecule has 0 aromatic rings. The molecule has 2 rings (SSSR count). The number of fused-ring (bicyclic) bond motifs is 1. The van der Waals surface area contributed by atoms with Gasteiger partial charge in [0.1, 0.15) is 0 Å². The molecule has 0 unspecified atom stereocenters. The summed E-state index contributed by atoms with van der Waals surface area (Å²) in [5.41, 5.74) is 0.0353. The molecule has 3 atom stereocenters. The van der Waals surface area contributed by atoms with E-state index >= 15 is 0 Å². The molecule has 0 aliphatic carbocycles. The van der Waals surface area contributed by atoms with Gasteiger partial charge in [-0.15, -0.1) is 0 Å². The largest absolute Gasteiger partial charge is 0.332 e. The van der Waals surface area contributed by atoms with Crippen molar-refractivity contribution in [2.24, 2.45) is 0 Å². The Morgan fingerprint density at radius 3 is 3.12 bits per heavy atom. The van der Waals surface area contributed by atoms with Crippen LogP contribution in [0, 0.1) is 5.41 Å². The summed E-state index contributed by atoms with van der Waals surface area (Å²) in [6, 6.07) is 0.390. The first-order valence-electron chi connectivity index (χ1n) is 5.35. The second-order valence-corrected chi connectivity index (χ2v) is 5.37. The van der Waals surface area contributed by atoms with E-state index in [9.17, 15) is 9.59 Å². The first-order valence-corrected chi connectivity index (χ1v) is 6.40. The van der Waals surface area contributed by atoms with Crippen LogP contribution in [0.25, 0.3) is 0 Å². The van der Waals surface area contributed by atoms with Crippen molar-refractivity contribution in [1.82, 2.24) is 10.6 Å². The highest BCUT2D eigenvalue weighted by atomic mass is 32.2. The van der Waals surface area contributed by atoms with Gasteiger partial charge in [-0.2, -0.15) is 11.8 Å². The molecule has 2 aliphatic rings. The van der Waals surface area contributed by atoms with Crippen molar-refractivity contribution in [3.63, 3.8) is 0 Å². The van der Waals surface area contributed by atoms with E-state index in [1.165, 1.54) is 0 Å². The predicted molar refractivity (Wildman–Crippen MR) is 62.8 cm³/mol. The van der Waals surface area contributed by atoms with E-state index in [1.54, 1.807) is 6.29 Å². The Bertz CT molecular complexity index is 321. The summed E-state index contributed by atoms with van der Waals surface area (Å²) in [6.07, 6.45) is 3.81. The van der Waals surface area contributed by atoms with E-state index < -0.39 is 0 Å². The number of hydrogen-bond donors (Lipinski definition) is 3. The number of rotatable bonds is 5. The minimum Gasteiger partial charge on any atom is -0.332 e. The molecule has 16 heavy (non-hydrogen) atoms. The van der Waals surface area contributed by atoms with E-state index in [0.717, 1.165) is 18.6 Å². The maximum Gasteiger partial charge on any atom is 0.315 e. The summed E-state index contributed by atoms with van der Waals surface area (Å²) in [6.45, 7) is 0. The van der Waals surface area contributed by atoms with Crippen LogP contribution in [-0.2, 0) is 4.79 Å². The molecule has 2 saturated heterocycles. The zero-order chi connectivity index (χ0) is 11.5. The van der Waals surface area contributed by atoms with E-state index in [-0.39, 0.29) is 23.8 Å². The number of hydrogen-bond acceptors (Lipinski definition) is 4.